The van der Waals surface area contributed by atoms with E-state index in [1.165, 1.54) is 6.92 Å². The Hall–Kier alpha value is -2.14. The summed E-state index contributed by atoms with van der Waals surface area (Å²) in [6.45, 7) is 6.00. The number of benzene rings is 1. The van der Waals surface area contributed by atoms with Crippen LogP contribution in [0.2, 0.25) is 0 Å². The van der Waals surface area contributed by atoms with Gasteiger partial charge in [-0.05, 0) is 32.9 Å². The number of carbonyl (C=O) groups is 1. The van der Waals surface area contributed by atoms with Crippen molar-refractivity contribution in [2.45, 2.75) is 33.4 Å². The first-order chi connectivity index (χ1) is 9.97. The molecule has 0 unspecified atom stereocenters. The van der Waals surface area contributed by atoms with Crippen LogP contribution in [0.15, 0.2) is 30.6 Å². The van der Waals surface area contributed by atoms with E-state index < -0.39 is 6.10 Å². The Labute approximate surface area is 124 Å². The van der Waals surface area contributed by atoms with E-state index in [1.54, 1.807) is 30.6 Å². The van der Waals surface area contributed by atoms with Gasteiger partial charge in [0.1, 0.15) is 18.5 Å². The molecule has 5 nitrogen and oxygen atoms in total. The van der Waals surface area contributed by atoms with Crippen LogP contribution in [0, 0.1) is 13.8 Å². The van der Waals surface area contributed by atoms with Gasteiger partial charge in [-0.25, -0.2) is 4.98 Å². The molecule has 1 aromatic heterocycles. The minimum atomic E-state index is -0.640. The Morgan fingerprint density at radius 2 is 2.19 bits per heavy atom. The van der Waals surface area contributed by atoms with E-state index in [4.69, 9.17) is 4.74 Å². The Bertz CT molecular complexity index is 634. The molecule has 0 spiro atoms. The highest BCUT2D eigenvalue weighted by molar-refractivity contribution is 5.94. The minimum Gasteiger partial charge on any atom is -0.491 e. The fourth-order valence-corrected chi connectivity index (χ4v) is 2.01. The lowest BCUT2D eigenvalue weighted by Crippen LogP contribution is -2.23. The number of hydrogen-bond donors (Lipinski definition) is 1. The van der Waals surface area contributed by atoms with Crippen molar-refractivity contribution >= 4 is 5.78 Å². The van der Waals surface area contributed by atoms with E-state index in [9.17, 15) is 9.90 Å². The van der Waals surface area contributed by atoms with Gasteiger partial charge in [0, 0.05) is 11.3 Å². The van der Waals surface area contributed by atoms with Crippen LogP contribution in [0.4, 0.5) is 0 Å². The minimum absolute atomic E-state index is 0.00878. The number of aromatic nitrogens is 2. The zero-order valence-electron chi connectivity index (χ0n) is 12.5. The highest BCUT2D eigenvalue weighted by Crippen LogP contribution is 2.14. The molecule has 0 saturated heterocycles. The molecule has 5 heteroatoms. The van der Waals surface area contributed by atoms with Gasteiger partial charge in [-0.2, -0.15) is 0 Å². The Morgan fingerprint density at radius 3 is 2.81 bits per heavy atom. The molecule has 0 amide bonds. The number of hydrogen-bond acceptors (Lipinski definition) is 4. The number of Topliss-reactive ketones (excluding diaryl/α,β-unsaturated/α-hetero) is 1. The van der Waals surface area contributed by atoms with Gasteiger partial charge in [-0.3, -0.25) is 4.79 Å². The molecule has 0 fully saturated rings. The number of nitrogens with zero attached hydrogens (tertiary/aromatic N) is 2. The molecule has 0 aliphatic heterocycles. The van der Waals surface area contributed by atoms with Gasteiger partial charge in [-0.15, -0.1) is 0 Å². The second kappa shape index (κ2) is 6.54. The van der Waals surface area contributed by atoms with Crippen molar-refractivity contribution in [1.29, 1.82) is 0 Å². The number of aryl methyl sites for hydroxylation is 1. The van der Waals surface area contributed by atoms with E-state index in [1.807, 2.05) is 18.4 Å². The number of ketones is 1. The molecule has 2 aromatic rings. The number of carbonyl (C=O) groups excluding carboxylic acids is 1. The van der Waals surface area contributed by atoms with E-state index in [0.29, 0.717) is 17.9 Å². The van der Waals surface area contributed by atoms with Crippen LogP contribution < -0.4 is 4.74 Å². The summed E-state index contributed by atoms with van der Waals surface area (Å²) in [5, 5.41) is 10.0. The highest BCUT2D eigenvalue weighted by atomic mass is 16.5. The topological polar surface area (TPSA) is 64.3 Å². The second-order valence-corrected chi connectivity index (χ2v) is 5.12. The maximum absolute atomic E-state index is 11.3. The Kier molecular flexibility index (Phi) is 4.75. The van der Waals surface area contributed by atoms with Crippen LogP contribution in [0.5, 0.6) is 5.75 Å². The van der Waals surface area contributed by atoms with Gasteiger partial charge in [-0.1, -0.05) is 12.1 Å². The van der Waals surface area contributed by atoms with Gasteiger partial charge in [0.15, 0.2) is 5.78 Å². The molecular weight excluding hydrogens is 268 g/mol. The van der Waals surface area contributed by atoms with Crippen LogP contribution in [0.25, 0.3) is 0 Å². The van der Waals surface area contributed by atoms with Gasteiger partial charge in [0.05, 0.1) is 18.6 Å². The standard InChI is InChI=1S/C16H20N2O3/c1-11-12(2)18(10-17-11)8-15(20)9-21-16-6-4-5-14(7-16)13(3)19/h4-7,10,15,20H,8-9H2,1-3H3/t15-/m0/s1. The lowest BCUT2D eigenvalue weighted by atomic mass is 10.1. The van der Waals surface area contributed by atoms with Crippen molar-refractivity contribution in [3.05, 3.63) is 47.5 Å². The normalized spacial score (nSPS) is 12.2. The quantitative estimate of drug-likeness (QED) is 0.827. The molecule has 112 valence electrons. The van der Waals surface area contributed by atoms with E-state index in [2.05, 4.69) is 4.98 Å². The zero-order valence-corrected chi connectivity index (χ0v) is 12.5. The fourth-order valence-electron chi connectivity index (χ4n) is 2.01. The monoisotopic (exact) mass is 288 g/mol. The maximum atomic E-state index is 11.3. The summed E-state index contributed by atoms with van der Waals surface area (Å²) in [4.78, 5) is 15.5. The number of aliphatic hydroxyl groups is 1. The molecule has 1 N–H and O–H groups in total. The maximum Gasteiger partial charge on any atom is 0.159 e. The van der Waals surface area contributed by atoms with E-state index in [0.717, 1.165) is 11.4 Å². The third-order valence-electron chi connectivity index (χ3n) is 3.44. The van der Waals surface area contributed by atoms with Crippen LogP contribution in [0.1, 0.15) is 28.7 Å². The molecule has 0 saturated carbocycles. The van der Waals surface area contributed by atoms with Crippen LogP contribution in [-0.4, -0.2) is 33.2 Å². The molecular formula is C16H20N2O3. The van der Waals surface area contributed by atoms with Crippen molar-refractivity contribution in [1.82, 2.24) is 9.55 Å². The molecule has 1 atom stereocenters. The van der Waals surface area contributed by atoms with Crippen molar-refractivity contribution in [2.24, 2.45) is 0 Å². The van der Waals surface area contributed by atoms with Crippen LogP contribution >= 0.6 is 0 Å². The number of ether oxygens (including phenoxy) is 1. The van der Waals surface area contributed by atoms with Gasteiger partial charge in [0.2, 0.25) is 0 Å². The average Bonchev–Trinajstić information content (AvgIpc) is 2.77. The third kappa shape index (κ3) is 3.92. The first kappa shape index (κ1) is 15.3. The summed E-state index contributed by atoms with van der Waals surface area (Å²) in [5.74, 6) is 0.575. The molecule has 0 aliphatic carbocycles. The first-order valence-electron chi connectivity index (χ1n) is 6.87. The number of aliphatic hydroxyl groups excluding tert-OH is 1. The molecule has 1 heterocycles. The summed E-state index contributed by atoms with van der Waals surface area (Å²) < 4.78 is 7.44. The van der Waals surface area contributed by atoms with Crippen LogP contribution in [-0.2, 0) is 6.54 Å². The van der Waals surface area contributed by atoms with Gasteiger partial charge in [0.25, 0.3) is 0 Å². The molecule has 2 rings (SSSR count). The lowest BCUT2D eigenvalue weighted by Gasteiger charge is -2.14. The summed E-state index contributed by atoms with van der Waals surface area (Å²) in [6, 6.07) is 6.96. The van der Waals surface area contributed by atoms with Crippen molar-refractivity contribution in [3.63, 3.8) is 0 Å². The van der Waals surface area contributed by atoms with Crippen molar-refractivity contribution in [3.8, 4) is 5.75 Å². The zero-order chi connectivity index (χ0) is 15.4. The van der Waals surface area contributed by atoms with Crippen LogP contribution in [0.3, 0.4) is 0 Å². The fraction of sp³-hybridized carbons (Fsp3) is 0.375. The predicted molar refractivity (Wildman–Crippen MR) is 79.6 cm³/mol. The molecule has 0 bridgehead atoms. The second-order valence-electron chi connectivity index (χ2n) is 5.12. The average molecular weight is 288 g/mol. The SMILES string of the molecule is CC(=O)c1cccc(OC[C@@H](O)Cn2cnc(C)c2C)c1. The van der Waals surface area contributed by atoms with Crippen molar-refractivity contribution < 1.29 is 14.6 Å². The van der Waals surface area contributed by atoms with Gasteiger partial charge >= 0.3 is 0 Å². The smallest absolute Gasteiger partial charge is 0.159 e. The summed E-state index contributed by atoms with van der Waals surface area (Å²) in [6.07, 6.45) is 1.07. The summed E-state index contributed by atoms with van der Waals surface area (Å²) in [7, 11) is 0. The predicted octanol–water partition coefficient (Wildman–Crippen LogP) is 2.14. The molecule has 0 aliphatic rings. The summed E-state index contributed by atoms with van der Waals surface area (Å²) in [5.41, 5.74) is 2.59. The summed E-state index contributed by atoms with van der Waals surface area (Å²) >= 11 is 0. The van der Waals surface area contributed by atoms with E-state index >= 15 is 0 Å². The lowest BCUT2D eigenvalue weighted by molar-refractivity contribution is 0.0918. The number of rotatable bonds is 6. The van der Waals surface area contributed by atoms with Crippen molar-refractivity contribution in [2.75, 3.05) is 6.61 Å². The Morgan fingerprint density at radius 1 is 1.43 bits per heavy atom. The number of imidazole rings is 1. The Balaban J connectivity index is 1.92. The van der Waals surface area contributed by atoms with Gasteiger partial charge < -0.3 is 14.4 Å². The highest BCUT2D eigenvalue weighted by Gasteiger charge is 2.10. The first-order valence-corrected chi connectivity index (χ1v) is 6.87. The third-order valence-corrected chi connectivity index (χ3v) is 3.44. The van der Waals surface area contributed by atoms with E-state index in [-0.39, 0.29) is 12.4 Å². The molecule has 0 radical (unpaired) electrons. The largest absolute Gasteiger partial charge is 0.491 e. The molecule has 21 heavy (non-hydrogen) atoms. The molecule has 1 aromatic carbocycles.